The maximum atomic E-state index is 13.4. The summed E-state index contributed by atoms with van der Waals surface area (Å²) in [6.45, 7) is 5.92. The number of piperidine rings is 4. The number of hydrogen-bond donors (Lipinski definition) is 2. The summed E-state index contributed by atoms with van der Waals surface area (Å²) in [4.78, 5) is 68.4. The van der Waals surface area contributed by atoms with Gasteiger partial charge in [0.1, 0.15) is 35.4 Å². The van der Waals surface area contributed by atoms with Crippen LogP contribution in [0.25, 0.3) is 22.3 Å². The summed E-state index contributed by atoms with van der Waals surface area (Å²) in [6, 6.07) is 23.4. The van der Waals surface area contributed by atoms with E-state index in [0.29, 0.717) is 29.0 Å². The number of rotatable bonds is 8. The van der Waals surface area contributed by atoms with Gasteiger partial charge in [0.2, 0.25) is 11.8 Å². The molecule has 2 aromatic heterocycles. The molecule has 10 rings (SSSR count). The number of fused-ring (bicyclic) bond motifs is 2. The number of ether oxygens (including phenoxy) is 1. The van der Waals surface area contributed by atoms with Crippen molar-refractivity contribution in [2.45, 2.75) is 75.5 Å². The SMILES string of the molecule is Nc1ncnc2c1c(-c1ccc(Oc3ccccc3)cc1)nn2C1CCN(C2CCN(C3CCN(c4ccc5c(c4)C(=O)N(C4CCC(=O)NC4=O)C5=O)CC3)CC2)CC1. The summed E-state index contributed by atoms with van der Waals surface area (Å²) in [7, 11) is 0. The fraction of sp³-hybridized carbons (Fsp3) is 0.400. The lowest BCUT2D eigenvalue weighted by Crippen LogP contribution is -2.54. The van der Waals surface area contributed by atoms with Crippen molar-refractivity contribution in [3.8, 4) is 22.8 Å². The van der Waals surface area contributed by atoms with Crippen LogP contribution in [0.15, 0.2) is 79.1 Å². The number of hydrogen-bond acceptors (Lipinski definition) is 12. The van der Waals surface area contributed by atoms with E-state index in [1.807, 2.05) is 60.7 Å². The lowest BCUT2D eigenvalue weighted by molar-refractivity contribution is -0.136. The molecule has 4 saturated heterocycles. The number of amides is 4. The zero-order valence-corrected chi connectivity index (χ0v) is 33.4. The van der Waals surface area contributed by atoms with Crippen LogP contribution < -0.4 is 20.7 Å². The molecule has 5 aliphatic rings. The van der Waals surface area contributed by atoms with Crippen LogP contribution in [0.3, 0.4) is 0 Å². The molecule has 60 heavy (non-hydrogen) atoms. The van der Waals surface area contributed by atoms with Gasteiger partial charge in [-0.05, 0) is 113 Å². The average Bonchev–Trinajstić information content (AvgIpc) is 3.79. The van der Waals surface area contributed by atoms with Crippen molar-refractivity contribution in [1.29, 1.82) is 0 Å². The fourth-order valence-electron chi connectivity index (χ4n) is 10.0. The summed E-state index contributed by atoms with van der Waals surface area (Å²) in [5.41, 5.74) is 10.5. The van der Waals surface area contributed by atoms with Crippen molar-refractivity contribution in [2.75, 3.05) is 49.9 Å². The second-order valence-electron chi connectivity index (χ2n) is 16.6. The topological polar surface area (TPSA) is 172 Å². The van der Waals surface area contributed by atoms with Gasteiger partial charge in [-0.3, -0.25) is 29.4 Å². The first kappa shape index (κ1) is 38.0. The number of likely N-dealkylation sites (tertiary alicyclic amines) is 2. The van der Waals surface area contributed by atoms with Crippen molar-refractivity contribution < 1.29 is 23.9 Å². The highest BCUT2D eigenvalue weighted by Crippen LogP contribution is 2.37. The van der Waals surface area contributed by atoms with Gasteiger partial charge in [0, 0.05) is 55.9 Å². The Balaban J connectivity index is 0.723. The monoisotopic (exact) mass is 808 g/mol. The number of para-hydroxylation sites is 1. The van der Waals surface area contributed by atoms with Gasteiger partial charge in [0.05, 0.1) is 22.6 Å². The fourth-order valence-corrected chi connectivity index (χ4v) is 10.0. The third-order valence-corrected chi connectivity index (χ3v) is 13.3. The van der Waals surface area contributed by atoms with Gasteiger partial charge in [-0.15, -0.1) is 0 Å². The Kier molecular flexibility index (Phi) is 10.00. The Labute approximate surface area is 347 Å². The maximum absolute atomic E-state index is 13.4. The smallest absolute Gasteiger partial charge is 0.262 e. The minimum Gasteiger partial charge on any atom is -0.457 e. The number of imide groups is 2. The summed E-state index contributed by atoms with van der Waals surface area (Å²) in [5, 5.41) is 8.18. The molecule has 0 saturated carbocycles. The highest BCUT2D eigenvalue weighted by Gasteiger charge is 2.45. The van der Waals surface area contributed by atoms with Gasteiger partial charge in [-0.1, -0.05) is 18.2 Å². The van der Waals surface area contributed by atoms with Crippen molar-refractivity contribution in [3.63, 3.8) is 0 Å². The van der Waals surface area contributed by atoms with E-state index in [9.17, 15) is 19.2 Å². The van der Waals surface area contributed by atoms with Gasteiger partial charge in [0.25, 0.3) is 11.8 Å². The van der Waals surface area contributed by atoms with E-state index >= 15 is 0 Å². The molecule has 15 heteroatoms. The summed E-state index contributed by atoms with van der Waals surface area (Å²) >= 11 is 0. The predicted octanol–water partition coefficient (Wildman–Crippen LogP) is 5.04. The number of nitrogens with two attached hydrogens (primary N) is 1. The third kappa shape index (κ3) is 7.04. The standard InChI is InChI=1S/C45H48N10O5/c46-41-39-40(28-6-9-34(10-7-28)60-33-4-2-1-3-5-33)50-55(42(39)48-27-47-41)31-18-24-52(25-19-31)29-14-20-51(21-15-29)30-16-22-53(23-17-30)32-8-11-35-36(26-32)45(59)54(44(35)58)37-12-13-38(56)49-43(37)57/h1-11,26-27,29-31,37H,12-25H2,(H2,46,47,48)(H,49,56,57). The Morgan fingerprint density at radius 2 is 1.30 bits per heavy atom. The van der Waals surface area contributed by atoms with E-state index in [1.54, 1.807) is 12.1 Å². The number of nitrogens with zero attached hydrogens (tertiary/aromatic N) is 8. The Morgan fingerprint density at radius 3 is 1.98 bits per heavy atom. The van der Waals surface area contributed by atoms with E-state index in [-0.39, 0.29) is 24.8 Å². The average molecular weight is 809 g/mol. The van der Waals surface area contributed by atoms with E-state index < -0.39 is 23.8 Å². The van der Waals surface area contributed by atoms with Crippen LogP contribution in [0, 0.1) is 0 Å². The summed E-state index contributed by atoms with van der Waals surface area (Å²) in [6.07, 6.45) is 8.11. The number of nitrogens with one attached hydrogen (secondary N) is 1. The Bertz CT molecular complexity index is 2450. The zero-order valence-electron chi connectivity index (χ0n) is 33.4. The molecule has 4 amide bonds. The van der Waals surface area contributed by atoms with Crippen LogP contribution in [0.1, 0.15) is 78.1 Å². The quantitative estimate of drug-likeness (QED) is 0.201. The first-order valence-electron chi connectivity index (χ1n) is 21.2. The van der Waals surface area contributed by atoms with E-state index in [1.165, 1.54) is 6.33 Å². The minimum atomic E-state index is -0.963. The van der Waals surface area contributed by atoms with Gasteiger partial charge in [0.15, 0.2) is 5.65 Å². The lowest BCUT2D eigenvalue weighted by atomic mass is 9.94. The normalized spacial score (nSPS) is 21.5. The molecule has 3 N–H and O–H groups in total. The summed E-state index contributed by atoms with van der Waals surface area (Å²) < 4.78 is 8.10. The van der Waals surface area contributed by atoms with Gasteiger partial charge < -0.3 is 25.2 Å². The van der Waals surface area contributed by atoms with Crippen molar-refractivity contribution in [1.82, 2.24) is 39.8 Å². The van der Waals surface area contributed by atoms with E-state index in [2.05, 4.69) is 34.7 Å². The van der Waals surface area contributed by atoms with E-state index in [0.717, 1.165) is 122 Å². The molecule has 7 heterocycles. The Hall–Kier alpha value is -6.19. The van der Waals surface area contributed by atoms with Crippen molar-refractivity contribution in [3.05, 3.63) is 90.3 Å². The number of nitrogen functional groups attached to an aromatic ring is 1. The number of anilines is 2. The largest absolute Gasteiger partial charge is 0.457 e. The van der Waals surface area contributed by atoms with Crippen molar-refractivity contribution in [2.24, 2.45) is 0 Å². The van der Waals surface area contributed by atoms with Crippen LogP contribution in [0.5, 0.6) is 11.5 Å². The van der Waals surface area contributed by atoms with Crippen LogP contribution >= 0.6 is 0 Å². The molecule has 15 nitrogen and oxygen atoms in total. The molecule has 5 aliphatic heterocycles. The minimum absolute atomic E-state index is 0.101. The van der Waals surface area contributed by atoms with Gasteiger partial charge >= 0.3 is 0 Å². The highest BCUT2D eigenvalue weighted by atomic mass is 16.5. The van der Waals surface area contributed by atoms with Gasteiger partial charge in [-0.2, -0.15) is 5.10 Å². The molecular weight excluding hydrogens is 761 g/mol. The van der Waals surface area contributed by atoms with Crippen LogP contribution in [0.2, 0.25) is 0 Å². The first-order valence-corrected chi connectivity index (χ1v) is 21.2. The molecule has 5 aromatic rings. The molecule has 0 radical (unpaired) electrons. The predicted molar refractivity (Wildman–Crippen MR) is 224 cm³/mol. The molecule has 0 bridgehead atoms. The maximum Gasteiger partial charge on any atom is 0.262 e. The molecular formula is C45H48N10O5. The molecule has 3 aromatic carbocycles. The van der Waals surface area contributed by atoms with Crippen LogP contribution in [-0.4, -0.2) is 115 Å². The van der Waals surface area contributed by atoms with Crippen LogP contribution in [0.4, 0.5) is 11.5 Å². The number of carbonyl (C=O) groups is 4. The number of aromatic nitrogens is 4. The second-order valence-corrected chi connectivity index (χ2v) is 16.6. The first-order chi connectivity index (χ1) is 29.3. The van der Waals surface area contributed by atoms with E-state index in [4.69, 9.17) is 15.6 Å². The van der Waals surface area contributed by atoms with Crippen LogP contribution in [-0.2, 0) is 9.59 Å². The van der Waals surface area contributed by atoms with Gasteiger partial charge in [-0.25, -0.2) is 14.6 Å². The molecule has 4 fully saturated rings. The Morgan fingerprint density at radius 1 is 0.667 bits per heavy atom. The third-order valence-electron chi connectivity index (χ3n) is 13.3. The molecule has 1 unspecified atom stereocenters. The molecule has 308 valence electrons. The lowest BCUT2D eigenvalue weighted by Gasteiger charge is -2.45. The zero-order chi connectivity index (χ0) is 40.9. The number of carbonyl (C=O) groups excluding carboxylic acids is 4. The highest BCUT2D eigenvalue weighted by molar-refractivity contribution is 6.23. The molecule has 0 aliphatic carbocycles. The molecule has 1 atom stereocenters. The molecule has 0 spiro atoms. The number of benzene rings is 3. The summed E-state index contributed by atoms with van der Waals surface area (Å²) in [5.74, 6) is 0.0376. The second kappa shape index (κ2) is 15.8. The van der Waals surface area contributed by atoms with Crippen molar-refractivity contribution >= 4 is 46.2 Å².